The summed E-state index contributed by atoms with van der Waals surface area (Å²) in [4.78, 5) is 15.1. The minimum absolute atomic E-state index is 0.0350. The van der Waals surface area contributed by atoms with Gasteiger partial charge in [0.1, 0.15) is 5.75 Å². The van der Waals surface area contributed by atoms with Gasteiger partial charge in [0.25, 0.3) is 5.91 Å². The van der Waals surface area contributed by atoms with Crippen LogP contribution in [-0.2, 0) is 17.8 Å². The van der Waals surface area contributed by atoms with E-state index in [-0.39, 0.29) is 12.5 Å². The molecule has 0 unspecified atom stereocenters. The predicted octanol–water partition coefficient (Wildman–Crippen LogP) is 4.24. The third-order valence-corrected chi connectivity index (χ3v) is 5.83. The van der Waals surface area contributed by atoms with Crippen LogP contribution in [0.5, 0.6) is 5.75 Å². The van der Waals surface area contributed by atoms with Crippen LogP contribution in [0.15, 0.2) is 84.9 Å². The van der Waals surface area contributed by atoms with E-state index in [1.165, 1.54) is 5.56 Å². The number of carbonyl (C=O) groups is 1. The Bertz CT molecular complexity index is 1420. The Morgan fingerprint density at radius 3 is 2.53 bits per heavy atom. The van der Waals surface area contributed by atoms with Crippen LogP contribution in [-0.4, -0.2) is 44.0 Å². The Labute approximate surface area is 197 Å². The van der Waals surface area contributed by atoms with Crippen LogP contribution >= 0.6 is 0 Å². The van der Waals surface area contributed by atoms with Gasteiger partial charge in [-0.2, -0.15) is 4.52 Å². The minimum Gasteiger partial charge on any atom is -0.484 e. The van der Waals surface area contributed by atoms with Crippen molar-refractivity contribution in [2.75, 3.05) is 13.2 Å². The van der Waals surface area contributed by atoms with Crippen molar-refractivity contribution in [3.8, 4) is 5.75 Å². The van der Waals surface area contributed by atoms with Gasteiger partial charge >= 0.3 is 0 Å². The van der Waals surface area contributed by atoms with Crippen LogP contribution in [0.4, 0.5) is 0 Å². The largest absolute Gasteiger partial charge is 0.484 e. The third-order valence-electron chi connectivity index (χ3n) is 5.83. The van der Waals surface area contributed by atoms with E-state index in [0.29, 0.717) is 24.5 Å². The monoisotopic (exact) mass is 451 g/mol. The van der Waals surface area contributed by atoms with Crippen molar-refractivity contribution in [3.05, 3.63) is 102 Å². The summed E-state index contributed by atoms with van der Waals surface area (Å²) in [6.07, 6.45) is 0.742. The van der Waals surface area contributed by atoms with Gasteiger partial charge in [0.15, 0.2) is 12.3 Å². The fourth-order valence-electron chi connectivity index (χ4n) is 4.06. The molecule has 34 heavy (non-hydrogen) atoms. The maximum Gasteiger partial charge on any atom is 0.260 e. The van der Waals surface area contributed by atoms with Gasteiger partial charge in [-0.05, 0) is 59.7 Å². The normalized spacial score (nSPS) is 11.1. The van der Waals surface area contributed by atoms with Crippen LogP contribution < -0.4 is 4.74 Å². The van der Waals surface area contributed by atoms with E-state index >= 15 is 0 Å². The van der Waals surface area contributed by atoms with Crippen molar-refractivity contribution < 1.29 is 9.53 Å². The third kappa shape index (κ3) is 4.73. The lowest BCUT2D eigenvalue weighted by Crippen LogP contribution is -2.36. The first kappa shape index (κ1) is 21.6. The van der Waals surface area contributed by atoms with E-state index in [4.69, 9.17) is 4.74 Å². The van der Waals surface area contributed by atoms with Crippen molar-refractivity contribution in [1.82, 2.24) is 24.9 Å². The van der Waals surface area contributed by atoms with Gasteiger partial charge in [-0.15, -0.1) is 5.10 Å². The number of nitrogens with zero attached hydrogens (tertiary/aromatic N) is 5. The zero-order valence-electron chi connectivity index (χ0n) is 19.0. The highest BCUT2D eigenvalue weighted by atomic mass is 16.5. The van der Waals surface area contributed by atoms with E-state index in [1.54, 1.807) is 4.52 Å². The molecule has 170 valence electrons. The zero-order chi connectivity index (χ0) is 23.3. The number of aryl methyl sites for hydroxylation is 1. The molecule has 7 nitrogen and oxygen atoms in total. The molecule has 0 saturated heterocycles. The maximum atomic E-state index is 13.3. The average Bonchev–Trinajstić information content (AvgIpc) is 3.36. The highest BCUT2D eigenvalue weighted by molar-refractivity contribution is 5.84. The topological polar surface area (TPSA) is 72.6 Å². The fraction of sp³-hybridized carbons (Fsp3) is 0.185. The van der Waals surface area contributed by atoms with Gasteiger partial charge in [-0.25, -0.2) is 0 Å². The number of fused-ring (bicyclic) bond motifs is 3. The lowest BCUT2D eigenvalue weighted by atomic mass is 10.1. The average molecular weight is 452 g/mol. The van der Waals surface area contributed by atoms with Crippen LogP contribution in [0.1, 0.15) is 16.7 Å². The number of hydrogen-bond donors (Lipinski definition) is 0. The number of rotatable bonds is 8. The quantitative estimate of drug-likeness (QED) is 0.353. The van der Waals surface area contributed by atoms with Crippen molar-refractivity contribution in [1.29, 1.82) is 0 Å². The van der Waals surface area contributed by atoms with Crippen LogP contribution in [0, 0.1) is 6.92 Å². The van der Waals surface area contributed by atoms with Gasteiger partial charge in [-0.1, -0.05) is 60.2 Å². The molecule has 0 saturated carbocycles. The summed E-state index contributed by atoms with van der Waals surface area (Å²) in [7, 11) is 0. The molecule has 0 aliphatic heterocycles. The Morgan fingerprint density at radius 2 is 1.74 bits per heavy atom. The molecule has 0 aliphatic rings. The Hall–Kier alpha value is -4.26. The van der Waals surface area contributed by atoms with Crippen molar-refractivity contribution >= 4 is 22.5 Å². The van der Waals surface area contributed by atoms with Crippen molar-refractivity contribution in [2.45, 2.75) is 19.9 Å². The Balaban J connectivity index is 1.43. The van der Waals surface area contributed by atoms with Crippen molar-refractivity contribution in [2.24, 2.45) is 0 Å². The number of amides is 1. The molecule has 0 atom stereocenters. The predicted molar refractivity (Wildman–Crippen MR) is 131 cm³/mol. The molecule has 0 aliphatic carbocycles. The molecule has 3 aromatic carbocycles. The second-order valence-electron chi connectivity index (χ2n) is 8.30. The number of ether oxygens (including phenoxy) is 1. The molecule has 0 fully saturated rings. The number of pyridine rings is 1. The number of aromatic nitrogens is 4. The lowest BCUT2D eigenvalue weighted by molar-refractivity contribution is -0.134. The summed E-state index contributed by atoms with van der Waals surface area (Å²) in [6.45, 7) is 2.96. The van der Waals surface area contributed by atoms with E-state index in [9.17, 15) is 4.79 Å². The molecule has 0 N–H and O–H groups in total. The van der Waals surface area contributed by atoms with E-state index < -0.39 is 0 Å². The van der Waals surface area contributed by atoms with Gasteiger partial charge in [0, 0.05) is 24.0 Å². The SMILES string of the molecule is Cc1ccc2c(c1)cc(CN(CCc1ccccc1)C(=O)COc1ccccc1)c1nnnn12. The number of benzene rings is 3. The molecule has 0 radical (unpaired) electrons. The maximum absolute atomic E-state index is 13.3. The van der Waals surface area contributed by atoms with E-state index in [2.05, 4.69) is 46.7 Å². The summed E-state index contributed by atoms with van der Waals surface area (Å²) in [5.74, 6) is 0.582. The molecule has 5 aromatic rings. The molecule has 2 aromatic heterocycles. The second kappa shape index (κ2) is 9.70. The van der Waals surface area contributed by atoms with E-state index in [0.717, 1.165) is 28.5 Å². The standard InChI is InChI=1S/C27H25N5O2/c1-20-12-13-25-22(16-20)17-23(27-28-29-30-32(25)27)18-31(15-14-21-8-4-2-5-9-21)26(33)19-34-24-10-6-3-7-11-24/h2-13,16-17H,14-15,18-19H2,1H3. The van der Waals surface area contributed by atoms with Gasteiger partial charge in [-0.3, -0.25) is 4.79 Å². The molecule has 1 amide bonds. The second-order valence-corrected chi connectivity index (χ2v) is 8.30. The summed E-state index contributed by atoms with van der Waals surface area (Å²) in [5, 5.41) is 13.4. The van der Waals surface area contributed by atoms with Crippen LogP contribution in [0.25, 0.3) is 16.6 Å². The lowest BCUT2D eigenvalue weighted by Gasteiger charge is -2.23. The summed E-state index contributed by atoms with van der Waals surface area (Å²) in [6, 6.07) is 27.8. The highest BCUT2D eigenvalue weighted by Crippen LogP contribution is 2.22. The molecule has 2 heterocycles. The minimum atomic E-state index is -0.0882. The molecular formula is C27H25N5O2. The van der Waals surface area contributed by atoms with Gasteiger partial charge < -0.3 is 9.64 Å². The summed E-state index contributed by atoms with van der Waals surface area (Å²) in [5.41, 5.74) is 4.80. The smallest absolute Gasteiger partial charge is 0.260 e. The number of carbonyl (C=O) groups excluding carboxylic acids is 1. The van der Waals surface area contributed by atoms with Gasteiger partial charge in [0.05, 0.1) is 5.52 Å². The summed E-state index contributed by atoms with van der Waals surface area (Å²) >= 11 is 0. The molecule has 0 spiro atoms. The molecular weight excluding hydrogens is 426 g/mol. The Morgan fingerprint density at radius 1 is 0.971 bits per heavy atom. The first-order valence-electron chi connectivity index (χ1n) is 11.3. The Kier molecular flexibility index (Phi) is 6.16. The molecule has 7 heteroatoms. The van der Waals surface area contributed by atoms with E-state index in [1.807, 2.05) is 65.6 Å². The number of hydrogen-bond acceptors (Lipinski definition) is 5. The first-order valence-corrected chi connectivity index (χ1v) is 11.3. The fourth-order valence-corrected chi connectivity index (χ4v) is 4.06. The molecule has 0 bridgehead atoms. The number of tetrazole rings is 1. The van der Waals surface area contributed by atoms with Crippen molar-refractivity contribution in [3.63, 3.8) is 0 Å². The van der Waals surface area contributed by atoms with Crippen LogP contribution in [0.3, 0.4) is 0 Å². The highest BCUT2D eigenvalue weighted by Gasteiger charge is 2.19. The van der Waals surface area contributed by atoms with Gasteiger partial charge in [0.2, 0.25) is 0 Å². The zero-order valence-corrected chi connectivity index (χ0v) is 19.0. The van der Waals surface area contributed by atoms with Crippen LogP contribution in [0.2, 0.25) is 0 Å². The summed E-state index contributed by atoms with van der Waals surface area (Å²) < 4.78 is 7.50. The molecule has 5 rings (SSSR count). The number of para-hydroxylation sites is 1. The first-order chi connectivity index (χ1) is 16.7.